The number of carboxylic acids is 2. The number of rotatable bonds is 16. The Bertz CT molecular complexity index is 374. The first-order valence-corrected chi connectivity index (χ1v) is 10.5. The fourth-order valence-electron chi connectivity index (χ4n) is 4.08. The molecule has 4 heteroatoms. The van der Waals surface area contributed by atoms with E-state index >= 15 is 0 Å². The zero-order valence-corrected chi connectivity index (χ0v) is 15.6. The molecule has 2 aliphatic carbocycles. The van der Waals surface area contributed by atoms with Crippen LogP contribution >= 0.6 is 0 Å². The number of hydrogen-bond donors (Lipinski definition) is 2. The van der Waals surface area contributed by atoms with E-state index in [0.29, 0.717) is 11.8 Å². The van der Waals surface area contributed by atoms with Gasteiger partial charge in [-0.2, -0.15) is 0 Å². The third-order valence-corrected chi connectivity index (χ3v) is 6.05. The molecular weight excluding hydrogens is 316 g/mol. The second-order valence-corrected chi connectivity index (χ2v) is 8.32. The molecule has 2 atom stereocenters. The van der Waals surface area contributed by atoms with E-state index in [4.69, 9.17) is 0 Å². The van der Waals surface area contributed by atoms with Gasteiger partial charge in [0, 0.05) is 0 Å². The molecule has 2 aliphatic rings. The molecule has 2 unspecified atom stereocenters. The summed E-state index contributed by atoms with van der Waals surface area (Å²) in [5.74, 6) is -0.393. The van der Waals surface area contributed by atoms with Gasteiger partial charge in [0.2, 0.25) is 0 Å². The van der Waals surface area contributed by atoms with Gasteiger partial charge in [-0.15, -0.1) is 0 Å². The fraction of sp³-hybridized carbons (Fsp3) is 0.905. The lowest BCUT2D eigenvalue weighted by atomic mass is 9.95. The predicted octanol–water partition coefficient (Wildman–Crippen LogP) is 5.50. The highest BCUT2D eigenvalue weighted by atomic mass is 16.4. The molecule has 4 nitrogen and oxygen atoms in total. The van der Waals surface area contributed by atoms with Crippen molar-refractivity contribution in [2.24, 2.45) is 23.7 Å². The third kappa shape index (κ3) is 8.24. The summed E-state index contributed by atoms with van der Waals surface area (Å²) in [6, 6.07) is 0. The van der Waals surface area contributed by atoms with Crippen molar-refractivity contribution in [2.75, 3.05) is 0 Å². The molecule has 0 spiro atoms. The van der Waals surface area contributed by atoms with Crippen LogP contribution in [0.15, 0.2) is 0 Å². The van der Waals surface area contributed by atoms with Crippen LogP contribution in [0.25, 0.3) is 0 Å². The summed E-state index contributed by atoms with van der Waals surface area (Å²) >= 11 is 0. The number of unbranched alkanes of at least 4 members (excludes halogenated alkanes) is 8. The van der Waals surface area contributed by atoms with E-state index < -0.39 is 11.9 Å². The van der Waals surface area contributed by atoms with E-state index in [1.807, 2.05) is 0 Å². The number of aliphatic carboxylic acids is 2. The topological polar surface area (TPSA) is 74.6 Å². The van der Waals surface area contributed by atoms with Gasteiger partial charge in [0.1, 0.15) is 0 Å². The first kappa shape index (κ1) is 20.3. The van der Waals surface area contributed by atoms with Gasteiger partial charge in [0.15, 0.2) is 0 Å². The van der Waals surface area contributed by atoms with E-state index in [9.17, 15) is 19.8 Å². The van der Waals surface area contributed by atoms with E-state index in [0.717, 1.165) is 64.2 Å². The van der Waals surface area contributed by atoms with Crippen LogP contribution in [0.2, 0.25) is 0 Å². The zero-order chi connectivity index (χ0) is 18.1. The van der Waals surface area contributed by atoms with Crippen LogP contribution in [0.1, 0.15) is 96.3 Å². The summed E-state index contributed by atoms with van der Waals surface area (Å²) in [5.41, 5.74) is 0. The smallest absolute Gasteiger partial charge is 0.306 e. The summed E-state index contributed by atoms with van der Waals surface area (Å²) in [7, 11) is 0. The van der Waals surface area contributed by atoms with E-state index in [1.165, 1.54) is 32.1 Å². The molecular formula is C21H36O4. The van der Waals surface area contributed by atoms with Crippen molar-refractivity contribution >= 4 is 11.9 Å². The average molecular weight is 353 g/mol. The van der Waals surface area contributed by atoms with Crippen LogP contribution in [0.5, 0.6) is 0 Å². The SMILES string of the molecule is O=C(O)C(CCCCCCCCCCCC(C(=O)O)C1CC1)C1CC1. The maximum Gasteiger partial charge on any atom is 0.306 e. The zero-order valence-electron chi connectivity index (χ0n) is 15.6. The minimum Gasteiger partial charge on any atom is -0.481 e. The highest BCUT2D eigenvalue weighted by Gasteiger charge is 2.36. The number of hydrogen-bond acceptors (Lipinski definition) is 2. The quantitative estimate of drug-likeness (QED) is 0.360. The lowest BCUT2D eigenvalue weighted by Gasteiger charge is -2.11. The van der Waals surface area contributed by atoms with Crippen molar-refractivity contribution in [3.8, 4) is 0 Å². The van der Waals surface area contributed by atoms with Crippen LogP contribution in [-0.2, 0) is 9.59 Å². The Kier molecular flexibility index (Phi) is 8.77. The lowest BCUT2D eigenvalue weighted by Crippen LogP contribution is -2.15. The Balaban J connectivity index is 1.35. The molecule has 2 rings (SSSR count). The lowest BCUT2D eigenvalue weighted by molar-refractivity contribution is -0.143. The second-order valence-electron chi connectivity index (χ2n) is 8.32. The standard InChI is InChI=1S/C21H36O4/c22-20(23)18(16-12-13-16)10-8-6-4-2-1-3-5-7-9-11-19(21(24)25)17-14-15-17/h16-19H,1-15H2,(H,22,23)(H,24,25). The van der Waals surface area contributed by atoms with Crippen LogP contribution in [0, 0.1) is 23.7 Å². The normalized spacial score (nSPS) is 19.5. The average Bonchev–Trinajstić information content (AvgIpc) is 3.44. The first-order chi connectivity index (χ1) is 12.1. The van der Waals surface area contributed by atoms with Crippen LogP contribution in [0.4, 0.5) is 0 Å². The molecule has 0 radical (unpaired) electrons. The van der Waals surface area contributed by atoms with Crippen molar-refractivity contribution in [3.63, 3.8) is 0 Å². The number of carboxylic acid groups (broad SMARTS) is 2. The molecule has 0 aromatic rings. The molecule has 2 N–H and O–H groups in total. The summed E-state index contributed by atoms with van der Waals surface area (Å²) < 4.78 is 0. The van der Waals surface area contributed by atoms with Gasteiger partial charge in [0.25, 0.3) is 0 Å². The van der Waals surface area contributed by atoms with Gasteiger partial charge in [-0.25, -0.2) is 0 Å². The largest absolute Gasteiger partial charge is 0.481 e. The Morgan fingerprint density at radius 1 is 0.600 bits per heavy atom. The molecule has 0 heterocycles. The molecule has 2 saturated carbocycles. The maximum absolute atomic E-state index is 11.2. The van der Waals surface area contributed by atoms with Gasteiger partial charge >= 0.3 is 11.9 Å². The van der Waals surface area contributed by atoms with E-state index in [2.05, 4.69) is 0 Å². The molecule has 144 valence electrons. The number of carbonyl (C=O) groups is 2. The van der Waals surface area contributed by atoms with Crippen molar-refractivity contribution in [1.82, 2.24) is 0 Å². The Hall–Kier alpha value is -1.06. The van der Waals surface area contributed by atoms with Crippen molar-refractivity contribution < 1.29 is 19.8 Å². The molecule has 0 aromatic heterocycles. The molecule has 2 fully saturated rings. The third-order valence-electron chi connectivity index (χ3n) is 6.05. The summed E-state index contributed by atoms with van der Waals surface area (Å²) in [6.07, 6.45) is 16.9. The monoisotopic (exact) mass is 352 g/mol. The molecule has 0 amide bonds. The minimum absolute atomic E-state index is 0.0785. The maximum atomic E-state index is 11.2. The van der Waals surface area contributed by atoms with Gasteiger partial charge in [-0.3, -0.25) is 9.59 Å². The molecule has 0 aliphatic heterocycles. The van der Waals surface area contributed by atoms with Gasteiger partial charge in [-0.1, -0.05) is 57.8 Å². The van der Waals surface area contributed by atoms with E-state index in [1.54, 1.807) is 0 Å². The highest BCUT2D eigenvalue weighted by molar-refractivity contribution is 5.71. The second kappa shape index (κ2) is 10.8. The molecule has 0 aromatic carbocycles. The van der Waals surface area contributed by atoms with Crippen molar-refractivity contribution in [1.29, 1.82) is 0 Å². The van der Waals surface area contributed by atoms with Gasteiger partial charge in [0.05, 0.1) is 11.8 Å². The first-order valence-electron chi connectivity index (χ1n) is 10.5. The van der Waals surface area contributed by atoms with Gasteiger partial charge < -0.3 is 10.2 Å². The minimum atomic E-state index is -0.589. The summed E-state index contributed by atoms with van der Waals surface area (Å²) in [5, 5.41) is 18.4. The summed E-state index contributed by atoms with van der Waals surface area (Å²) in [6.45, 7) is 0. The Morgan fingerprint density at radius 2 is 0.880 bits per heavy atom. The Morgan fingerprint density at radius 3 is 1.12 bits per heavy atom. The molecule has 25 heavy (non-hydrogen) atoms. The van der Waals surface area contributed by atoms with Crippen molar-refractivity contribution in [2.45, 2.75) is 96.3 Å². The molecule has 0 saturated heterocycles. The van der Waals surface area contributed by atoms with Gasteiger partial charge in [-0.05, 0) is 50.4 Å². The van der Waals surface area contributed by atoms with Crippen molar-refractivity contribution in [3.05, 3.63) is 0 Å². The van der Waals surface area contributed by atoms with Crippen LogP contribution in [-0.4, -0.2) is 22.2 Å². The Labute approximate surface area is 152 Å². The molecule has 0 bridgehead atoms. The highest BCUT2D eigenvalue weighted by Crippen LogP contribution is 2.40. The fourth-order valence-corrected chi connectivity index (χ4v) is 4.08. The summed E-state index contributed by atoms with van der Waals surface area (Å²) in [4.78, 5) is 22.3. The predicted molar refractivity (Wildman–Crippen MR) is 98.5 cm³/mol. The van der Waals surface area contributed by atoms with E-state index in [-0.39, 0.29) is 11.8 Å². The van der Waals surface area contributed by atoms with Crippen LogP contribution < -0.4 is 0 Å². The van der Waals surface area contributed by atoms with Crippen LogP contribution in [0.3, 0.4) is 0 Å².